The molecule has 0 bridgehead atoms. The van der Waals surface area contributed by atoms with Crippen molar-refractivity contribution in [2.45, 2.75) is 13.8 Å². The van der Waals surface area contributed by atoms with Crippen molar-refractivity contribution in [2.24, 2.45) is 7.05 Å². The van der Waals surface area contributed by atoms with Gasteiger partial charge >= 0.3 is 0 Å². The minimum absolute atomic E-state index is 0.619. The highest BCUT2D eigenvalue weighted by Gasteiger charge is 2.14. The molecule has 0 aliphatic carbocycles. The number of nitrogens with zero attached hydrogens (tertiary/aromatic N) is 3. The number of hydrogen-bond donors (Lipinski definition) is 0. The van der Waals surface area contributed by atoms with Gasteiger partial charge in [-0.3, -0.25) is 0 Å². The van der Waals surface area contributed by atoms with Crippen molar-refractivity contribution in [3.05, 3.63) is 47.7 Å². The summed E-state index contributed by atoms with van der Waals surface area (Å²) in [6.45, 7) is 3.98. The minimum atomic E-state index is 0.619. The van der Waals surface area contributed by atoms with E-state index in [2.05, 4.69) is 29.1 Å². The molecule has 19 heavy (non-hydrogen) atoms. The predicted octanol–water partition coefficient (Wildman–Crippen LogP) is 3.36. The van der Waals surface area contributed by atoms with Crippen molar-refractivity contribution in [1.29, 1.82) is 0 Å². The van der Waals surface area contributed by atoms with Crippen LogP contribution in [-0.2, 0) is 7.05 Å². The number of hydrogen-bond acceptors (Lipinski definition) is 3. The maximum atomic E-state index is 5.57. The molecule has 0 N–H and O–H groups in total. The molecule has 0 aliphatic heterocycles. The van der Waals surface area contributed by atoms with Crippen LogP contribution in [0.5, 0.6) is 0 Å². The van der Waals surface area contributed by atoms with E-state index in [0.717, 1.165) is 17.1 Å². The molecule has 0 radical (unpaired) electrons. The predicted molar refractivity (Wildman–Crippen MR) is 73.6 cm³/mol. The van der Waals surface area contributed by atoms with Crippen molar-refractivity contribution >= 4 is 0 Å². The Morgan fingerprint density at radius 2 is 1.84 bits per heavy atom. The third kappa shape index (κ3) is 2.05. The summed E-state index contributed by atoms with van der Waals surface area (Å²) in [6.07, 6.45) is 0. The van der Waals surface area contributed by atoms with Gasteiger partial charge in [0, 0.05) is 12.6 Å². The van der Waals surface area contributed by atoms with Gasteiger partial charge in [-0.05, 0) is 31.5 Å². The van der Waals surface area contributed by atoms with Gasteiger partial charge < -0.3 is 4.42 Å². The van der Waals surface area contributed by atoms with Gasteiger partial charge in [0.2, 0.25) is 5.82 Å². The van der Waals surface area contributed by atoms with Crippen LogP contribution in [0.15, 0.2) is 40.8 Å². The normalized spacial score (nSPS) is 10.9. The van der Waals surface area contributed by atoms with Crippen LogP contribution in [0.1, 0.15) is 11.3 Å². The highest BCUT2D eigenvalue weighted by atomic mass is 16.3. The lowest BCUT2D eigenvalue weighted by molar-refractivity contribution is 0.543. The van der Waals surface area contributed by atoms with E-state index in [9.17, 15) is 0 Å². The fourth-order valence-corrected chi connectivity index (χ4v) is 2.10. The van der Waals surface area contributed by atoms with Crippen LogP contribution in [-0.4, -0.2) is 14.8 Å². The number of aryl methyl sites for hydroxylation is 3. The van der Waals surface area contributed by atoms with Gasteiger partial charge in [-0.1, -0.05) is 24.3 Å². The fraction of sp³-hybridized carbons (Fsp3) is 0.200. The summed E-state index contributed by atoms with van der Waals surface area (Å²) in [5.74, 6) is 3.03. The molecule has 2 heterocycles. The van der Waals surface area contributed by atoms with Crippen LogP contribution < -0.4 is 0 Å². The van der Waals surface area contributed by atoms with E-state index >= 15 is 0 Å². The van der Waals surface area contributed by atoms with Crippen LogP contribution in [0.2, 0.25) is 0 Å². The van der Waals surface area contributed by atoms with Gasteiger partial charge in [0.25, 0.3) is 0 Å². The Balaban J connectivity index is 2.10. The number of rotatable bonds is 2. The summed E-state index contributed by atoms with van der Waals surface area (Å²) in [5.41, 5.74) is 2.27. The van der Waals surface area contributed by atoms with Crippen molar-refractivity contribution in [2.75, 3.05) is 0 Å². The van der Waals surface area contributed by atoms with Gasteiger partial charge in [0.1, 0.15) is 5.76 Å². The molecular formula is C15H15N3O. The summed E-state index contributed by atoms with van der Waals surface area (Å²) in [4.78, 5) is 4.58. The first-order chi connectivity index (χ1) is 9.15. The molecule has 0 fully saturated rings. The molecule has 0 saturated carbocycles. The highest BCUT2D eigenvalue weighted by Crippen LogP contribution is 2.25. The SMILES string of the molecule is Cc1ccc(-c2nc(-c3ccccc3C)n(C)n2)o1. The average Bonchev–Trinajstić information content (AvgIpc) is 2.96. The second kappa shape index (κ2) is 4.39. The summed E-state index contributed by atoms with van der Waals surface area (Å²) >= 11 is 0. The Hall–Kier alpha value is -2.36. The molecule has 0 aliphatic rings. The number of furan rings is 1. The monoisotopic (exact) mass is 253 g/mol. The van der Waals surface area contributed by atoms with Crippen LogP contribution >= 0.6 is 0 Å². The first-order valence-electron chi connectivity index (χ1n) is 6.19. The summed E-state index contributed by atoms with van der Waals surface area (Å²) in [6, 6.07) is 12.0. The van der Waals surface area contributed by atoms with Crippen LogP contribution in [0.25, 0.3) is 23.0 Å². The van der Waals surface area contributed by atoms with Crippen molar-refractivity contribution in [1.82, 2.24) is 14.8 Å². The van der Waals surface area contributed by atoms with Crippen molar-refractivity contribution in [3.8, 4) is 23.0 Å². The average molecular weight is 253 g/mol. The molecule has 96 valence electrons. The molecule has 1 aromatic carbocycles. The summed E-state index contributed by atoms with van der Waals surface area (Å²) in [5, 5.41) is 4.42. The maximum Gasteiger partial charge on any atom is 0.217 e. The second-order valence-electron chi connectivity index (χ2n) is 4.61. The zero-order valence-electron chi connectivity index (χ0n) is 11.2. The fourth-order valence-electron chi connectivity index (χ4n) is 2.10. The first-order valence-corrected chi connectivity index (χ1v) is 6.19. The molecule has 3 aromatic rings. The minimum Gasteiger partial charge on any atom is -0.458 e. The molecule has 0 amide bonds. The standard InChI is InChI=1S/C15H15N3O/c1-10-6-4-5-7-12(10)15-16-14(17-18(15)3)13-9-8-11(2)19-13/h4-9H,1-3H3. The molecule has 3 rings (SSSR count). The zero-order valence-corrected chi connectivity index (χ0v) is 11.2. The van der Waals surface area contributed by atoms with Gasteiger partial charge in [-0.15, -0.1) is 5.10 Å². The Morgan fingerprint density at radius 1 is 1.05 bits per heavy atom. The van der Waals surface area contributed by atoms with Gasteiger partial charge in [-0.2, -0.15) is 0 Å². The van der Waals surface area contributed by atoms with E-state index in [1.54, 1.807) is 4.68 Å². The van der Waals surface area contributed by atoms with Gasteiger partial charge in [-0.25, -0.2) is 9.67 Å². The molecule has 0 atom stereocenters. The Kier molecular flexibility index (Phi) is 2.71. The van der Waals surface area contributed by atoms with E-state index in [1.807, 2.05) is 38.2 Å². The molecule has 0 saturated heterocycles. The largest absolute Gasteiger partial charge is 0.458 e. The van der Waals surface area contributed by atoms with Crippen LogP contribution in [0, 0.1) is 13.8 Å². The highest BCUT2D eigenvalue weighted by molar-refractivity contribution is 5.62. The molecule has 0 spiro atoms. The molecule has 0 unspecified atom stereocenters. The van der Waals surface area contributed by atoms with E-state index < -0.39 is 0 Å². The van der Waals surface area contributed by atoms with Crippen molar-refractivity contribution < 1.29 is 4.42 Å². The topological polar surface area (TPSA) is 43.9 Å². The van der Waals surface area contributed by atoms with E-state index in [1.165, 1.54) is 5.56 Å². The summed E-state index contributed by atoms with van der Waals surface area (Å²) < 4.78 is 7.35. The lowest BCUT2D eigenvalue weighted by Crippen LogP contribution is -1.95. The number of aromatic nitrogens is 3. The molecule has 4 heteroatoms. The van der Waals surface area contributed by atoms with Crippen LogP contribution in [0.4, 0.5) is 0 Å². The Bertz CT molecular complexity index is 725. The maximum absolute atomic E-state index is 5.57. The second-order valence-corrected chi connectivity index (χ2v) is 4.61. The summed E-state index contributed by atoms with van der Waals surface area (Å²) in [7, 11) is 1.90. The Labute approximate surface area is 111 Å². The van der Waals surface area contributed by atoms with E-state index in [0.29, 0.717) is 11.6 Å². The van der Waals surface area contributed by atoms with E-state index in [4.69, 9.17) is 4.42 Å². The molecular weight excluding hydrogens is 238 g/mol. The van der Waals surface area contributed by atoms with Gasteiger partial charge in [0.15, 0.2) is 11.6 Å². The number of benzene rings is 1. The first kappa shape index (κ1) is 11.7. The van der Waals surface area contributed by atoms with Gasteiger partial charge in [0.05, 0.1) is 0 Å². The van der Waals surface area contributed by atoms with Crippen LogP contribution in [0.3, 0.4) is 0 Å². The lowest BCUT2D eigenvalue weighted by Gasteiger charge is -2.03. The Morgan fingerprint density at radius 3 is 2.53 bits per heavy atom. The smallest absolute Gasteiger partial charge is 0.217 e. The third-order valence-corrected chi connectivity index (χ3v) is 3.11. The lowest BCUT2D eigenvalue weighted by atomic mass is 10.1. The van der Waals surface area contributed by atoms with E-state index in [-0.39, 0.29) is 0 Å². The molecule has 4 nitrogen and oxygen atoms in total. The molecule has 2 aromatic heterocycles. The zero-order chi connectivity index (χ0) is 13.4. The third-order valence-electron chi connectivity index (χ3n) is 3.11. The van der Waals surface area contributed by atoms with Crippen molar-refractivity contribution in [3.63, 3.8) is 0 Å². The quantitative estimate of drug-likeness (QED) is 0.703.